The second-order valence-corrected chi connectivity index (χ2v) is 27.9. The Morgan fingerprint density at radius 2 is 0.545 bits per heavy atom. The molecule has 16 nitrogen and oxygen atoms in total. The van der Waals surface area contributed by atoms with E-state index in [4.69, 9.17) is 32.3 Å². The lowest BCUT2D eigenvalue weighted by atomic mass is 10.0. The number of phosphoric acid groups is 2. The lowest BCUT2D eigenvalue weighted by molar-refractivity contribution is -0.161. The highest BCUT2D eigenvalue weighted by molar-refractivity contribution is 7.47. The molecule has 99 heavy (non-hydrogen) atoms. The normalized spacial score (nSPS) is 14.9. The van der Waals surface area contributed by atoms with Crippen LogP contribution in [0.3, 0.4) is 0 Å². The van der Waals surface area contributed by atoms with E-state index in [9.17, 15) is 43.5 Å². The summed E-state index contributed by atoms with van der Waals surface area (Å²) in [5, 5.41) is 20.6. The Bertz CT molecular complexity index is 2380. The van der Waals surface area contributed by atoms with Gasteiger partial charge in [0.15, 0.2) is 6.10 Å². The summed E-state index contributed by atoms with van der Waals surface area (Å²) in [6, 6.07) is 0. The molecule has 18 heteroatoms. The van der Waals surface area contributed by atoms with Gasteiger partial charge in [-0.25, -0.2) is 9.13 Å². The zero-order chi connectivity index (χ0) is 72.3. The largest absolute Gasteiger partial charge is 0.472 e. The predicted octanol–water partition coefficient (Wildman–Crippen LogP) is 22.1. The van der Waals surface area contributed by atoms with Gasteiger partial charge in [-0.3, -0.25) is 32.5 Å². The molecule has 0 spiro atoms. The molecule has 4 N–H and O–H groups in total. The first-order chi connectivity index (χ1) is 48.2. The maximum absolute atomic E-state index is 12.9. The number of aliphatic hydroxyl groups excluding tert-OH is 2. The van der Waals surface area contributed by atoms with Crippen LogP contribution >= 0.6 is 15.6 Å². The third-order valence-electron chi connectivity index (χ3n) is 15.5. The average molecular weight is 1430 g/mol. The number of esters is 3. The van der Waals surface area contributed by atoms with Gasteiger partial charge in [-0.2, -0.15) is 0 Å². The molecule has 5 unspecified atom stereocenters. The van der Waals surface area contributed by atoms with Crippen molar-refractivity contribution in [3.8, 4) is 0 Å². The number of hydrogen-bond donors (Lipinski definition) is 4. The molecule has 0 aliphatic carbocycles. The van der Waals surface area contributed by atoms with Crippen LogP contribution in [0.5, 0.6) is 0 Å². The molecule has 0 amide bonds. The average Bonchev–Trinajstić information content (AvgIpc) is 1.38. The Balaban J connectivity index is 4.42. The van der Waals surface area contributed by atoms with E-state index in [1.807, 2.05) is 12.2 Å². The minimum Gasteiger partial charge on any atom is -0.463 e. The molecule has 0 rings (SSSR count). The van der Waals surface area contributed by atoms with Crippen LogP contribution in [0.25, 0.3) is 0 Å². The minimum atomic E-state index is -4.94. The van der Waals surface area contributed by atoms with Crippen LogP contribution in [-0.2, 0) is 55.8 Å². The summed E-state index contributed by atoms with van der Waals surface area (Å²) >= 11 is 0. The molecular weight excluding hydrogens is 1290 g/mol. The topological polar surface area (TPSA) is 231 Å². The standard InChI is InChI=1S/C81H136O16P2/c1-4-7-10-13-16-19-22-25-27-29-30-31-32-33-34-35-36-37-38-39-40-41-42-43-44-46-48-50-52-55-58-61-64-67-79(84)91-70-76(82)71-93-98(87,88)94-72-77(83)73-95-99(89,90)96-75-78(97-81(86)69-66-63-60-57-54-49-24-21-18-15-12-9-6-3)74-92-80(85)68-65-62-59-56-53-51-47-45-28-26-23-20-17-14-11-8-5-2/h7-8,10-12,15-17,19-21,24-28,30-31,33-34,47,51,56,59,76-78,82-83H,4-6,9,13-14,18,22-23,29,32,35-46,48-50,52-55,57-58,60-75H2,1-3H3,(H,87,88)(H,89,90)/b10-7-,11-8-,15-12-,19-16-,20-17-,24-21-,27-25-,28-26-,31-30-,34-33-,51-47-,59-56-. The summed E-state index contributed by atoms with van der Waals surface area (Å²) in [4.78, 5) is 58.4. The first-order valence-electron chi connectivity index (χ1n) is 38.1. The minimum absolute atomic E-state index is 0.0728. The maximum Gasteiger partial charge on any atom is 0.472 e. The number of hydrogen-bond acceptors (Lipinski definition) is 14. The van der Waals surface area contributed by atoms with Crippen molar-refractivity contribution in [2.24, 2.45) is 0 Å². The van der Waals surface area contributed by atoms with Crippen LogP contribution in [0.2, 0.25) is 0 Å². The van der Waals surface area contributed by atoms with E-state index < -0.39 is 91.5 Å². The Kier molecular flexibility index (Phi) is 69.8. The molecule has 0 fully saturated rings. The van der Waals surface area contributed by atoms with Crippen LogP contribution in [-0.4, -0.2) is 95.9 Å². The molecule has 566 valence electrons. The summed E-state index contributed by atoms with van der Waals surface area (Å²) in [6.07, 6.45) is 89.4. The number of aliphatic hydroxyl groups is 2. The molecule has 0 aromatic rings. The van der Waals surface area contributed by atoms with Crippen molar-refractivity contribution in [3.05, 3.63) is 146 Å². The lowest BCUT2D eigenvalue weighted by Gasteiger charge is -2.21. The van der Waals surface area contributed by atoms with Gasteiger partial charge in [0.2, 0.25) is 0 Å². The molecular formula is C81H136O16P2. The molecule has 0 aromatic carbocycles. The summed E-state index contributed by atoms with van der Waals surface area (Å²) in [6.45, 7) is 2.29. The van der Waals surface area contributed by atoms with Crippen molar-refractivity contribution in [1.29, 1.82) is 0 Å². The van der Waals surface area contributed by atoms with Crippen molar-refractivity contribution >= 4 is 33.6 Å². The highest BCUT2D eigenvalue weighted by Crippen LogP contribution is 2.45. The van der Waals surface area contributed by atoms with Crippen LogP contribution in [0.4, 0.5) is 0 Å². The monoisotopic (exact) mass is 1430 g/mol. The van der Waals surface area contributed by atoms with Gasteiger partial charge in [0, 0.05) is 19.3 Å². The van der Waals surface area contributed by atoms with Gasteiger partial charge in [-0.05, 0) is 128 Å². The molecule has 5 atom stereocenters. The molecule has 0 aromatic heterocycles. The zero-order valence-corrected chi connectivity index (χ0v) is 63.4. The quantitative estimate of drug-likeness (QED) is 0.0146. The lowest BCUT2D eigenvalue weighted by Crippen LogP contribution is -2.30. The Morgan fingerprint density at radius 3 is 0.889 bits per heavy atom. The Morgan fingerprint density at radius 1 is 0.293 bits per heavy atom. The van der Waals surface area contributed by atoms with E-state index in [-0.39, 0.29) is 19.3 Å². The van der Waals surface area contributed by atoms with E-state index >= 15 is 0 Å². The van der Waals surface area contributed by atoms with E-state index in [0.717, 1.165) is 135 Å². The van der Waals surface area contributed by atoms with Crippen LogP contribution in [0.1, 0.15) is 290 Å². The van der Waals surface area contributed by atoms with E-state index in [2.05, 4.69) is 154 Å². The van der Waals surface area contributed by atoms with E-state index in [1.165, 1.54) is 89.9 Å². The molecule has 0 heterocycles. The second-order valence-electron chi connectivity index (χ2n) is 25.0. The number of unbranched alkanes of at least 4 members (excludes halogenated alkanes) is 24. The number of carbonyl (C=O) groups excluding carboxylic acids is 3. The predicted molar refractivity (Wildman–Crippen MR) is 408 cm³/mol. The summed E-state index contributed by atoms with van der Waals surface area (Å²) < 4.78 is 60.9. The zero-order valence-electron chi connectivity index (χ0n) is 61.6. The fraction of sp³-hybridized carbons (Fsp3) is 0.667. The second kappa shape index (κ2) is 73.2. The first kappa shape index (κ1) is 94.4. The molecule has 0 radical (unpaired) electrons. The Labute approximate surface area is 600 Å². The third kappa shape index (κ3) is 74.4. The molecule has 0 saturated carbocycles. The van der Waals surface area contributed by atoms with Crippen LogP contribution < -0.4 is 0 Å². The third-order valence-corrected chi connectivity index (χ3v) is 17.4. The summed E-state index contributed by atoms with van der Waals surface area (Å²) in [5.41, 5.74) is 0. The van der Waals surface area contributed by atoms with Crippen LogP contribution in [0, 0.1) is 0 Å². The van der Waals surface area contributed by atoms with Gasteiger partial charge in [-0.1, -0.05) is 289 Å². The molecule has 0 bridgehead atoms. The molecule has 0 aliphatic heterocycles. The van der Waals surface area contributed by atoms with E-state index in [1.54, 1.807) is 0 Å². The van der Waals surface area contributed by atoms with Gasteiger partial charge >= 0.3 is 33.6 Å². The van der Waals surface area contributed by atoms with Crippen LogP contribution in [0.15, 0.2) is 146 Å². The summed E-state index contributed by atoms with van der Waals surface area (Å²) in [7, 11) is -9.80. The fourth-order valence-electron chi connectivity index (χ4n) is 9.79. The highest BCUT2D eigenvalue weighted by atomic mass is 31.2. The van der Waals surface area contributed by atoms with Gasteiger partial charge < -0.3 is 34.2 Å². The van der Waals surface area contributed by atoms with Crippen molar-refractivity contribution in [1.82, 2.24) is 0 Å². The number of ether oxygens (including phenoxy) is 3. The Hall–Kier alpha value is -4.57. The summed E-state index contributed by atoms with van der Waals surface area (Å²) in [5.74, 6) is -1.66. The van der Waals surface area contributed by atoms with E-state index in [0.29, 0.717) is 25.7 Å². The number of allylic oxidation sites excluding steroid dienone is 24. The van der Waals surface area contributed by atoms with Gasteiger partial charge in [0.1, 0.15) is 25.4 Å². The first-order valence-corrected chi connectivity index (χ1v) is 41.1. The smallest absolute Gasteiger partial charge is 0.463 e. The number of rotatable bonds is 71. The molecule has 0 saturated heterocycles. The van der Waals surface area contributed by atoms with Gasteiger partial charge in [-0.15, -0.1) is 0 Å². The highest BCUT2D eigenvalue weighted by Gasteiger charge is 2.29. The van der Waals surface area contributed by atoms with Crippen molar-refractivity contribution in [3.63, 3.8) is 0 Å². The van der Waals surface area contributed by atoms with Gasteiger partial charge in [0.25, 0.3) is 0 Å². The van der Waals surface area contributed by atoms with Crippen molar-refractivity contribution in [2.75, 3.05) is 39.6 Å². The molecule has 0 aliphatic rings. The SMILES string of the molecule is CC/C=C\C/C=C\C/C=C\C/C=C\C/C=C\CCCCCCCCCCCCCCCCCCCC(=O)OCC(O)COP(=O)(O)OCC(O)COP(=O)(O)OCC(COC(=O)CCC/C=C\C/C=C\C/C=C\C/C=C\C/C=C\CC)OC(=O)CCCCCCC/C=C\C/C=C\CCC. The number of carbonyl (C=O) groups is 3. The maximum atomic E-state index is 12.9. The fourth-order valence-corrected chi connectivity index (χ4v) is 11.4. The number of phosphoric ester groups is 2. The van der Waals surface area contributed by atoms with Crippen molar-refractivity contribution in [2.45, 2.75) is 309 Å². The van der Waals surface area contributed by atoms with Crippen molar-refractivity contribution < 1.29 is 75.8 Å². The van der Waals surface area contributed by atoms with Gasteiger partial charge in [0.05, 0.1) is 26.4 Å².